The van der Waals surface area contributed by atoms with Crippen LogP contribution in [0.15, 0.2) is 42.6 Å². The SMILES string of the molecule is CC[C@]1(N)C[C@H](c2ncc(OCCCC(=O)O)c(Cc3cc(C#N)cc(C(F)(F)F)c3)n2)c2cc(C(F)(F)F)ccc2N1C(=O)OCC(F)(F)F. The second kappa shape index (κ2) is 14.6. The van der Waals surface area contributed by atoms with Crippen LogP contribution >= 0.6 is 0 Å². The van der Waals surface area contributed by atoms with Gasteiger partial charge in [0.25, 0.3) is 0 Å². The highest BCUT2D eigenvalue weighted by Crippen LogP contribution is 2.47. The lowest BCUT2D eigenvalue weighted by molar-refractivity contribution is -0.160. The van der Waals surface area contributed by atoms with Gasteiger partial charge in [-0.2, -0.15) is 44.8 Å². The lowest BCUT2D eigenvalue weighted by atomic mass is 9.80. The predicted molar refractivity (Wildman–Crippen MR) is 158 cm³/mol. The molecule has 0 radical (unpaired) electrons. The topological polar surface area (TPSA) is 152 Å². The molecule has 1 amide bonds. The van der Waals surface area contributed by atoms with E-state index in [1.54, 1.807) is 6.07 Å². The molecular weight excluding hydrogens is 705 g/mol. The van der Waals surface area contributed by atoms with Crippen molar-refractivity contribution in [1.29, 1.82) is 5.26 Å². The number of halogens is 9. The van der Waals surface area contributed by atoms with E-state index in [1.165, 1.54) is 6.92 Å². The first-order valence-corrected chi connectivity index (χ1v) is 15.0. The zero-order chi connectivity index (χ0) is 37.9. The highest BCUT2D eigenvalue weighted by Gasteiger charge is 2.48. The highest BCUT2D eigenvalue weighted by molar-refractivity contribution is 5.91. The molecule has 274 valence electrons. The molecule has 0 spiro atoms. The monoisotopic (exact) mass is 733 g/mol. The number of aromatic nitrogens is 2. The number of hydrogen-bond acceptors (Lipinski definition) is 8. The van der Waals surface area contributed by atoms with Crippen LogP contribution in [0, 0.1) is 11.3 Å². The van der Waals surface area contributed by atoms with Crippen LogP contribution in [0.1, 0.15) is 77.9 Å². The molecule has 0 fully saturated rings. The van der Waals surface area contributed by atoms with Crippen LogP contribution in [0.5, 0.6) is 5.75 Å². The molecule has 3 N–H and O–H groups in total. The Morgan fingerprint density at radius 2 is 1.75 bits per heavy atom. The van der Waals surface area contributed by atoms with Gasteiger partial charge in [-0.3, -0.25) is 9.69 Å². The lowest BCUT2D eigenvalue weighted by Crippen LogP contribution is -2.62. The van der Waals surface area contributed by atoms with Crippen molar-refractivity contribution in [2.75, 3.05) is 18.1 Å². The third-order valence-electron chi connectivity index (χ3n) is 7.90. The number of ether oxygens (including phenoxy) is 2. The van der Waals surface area contributed by atoms with Gasteiger partial charge in [0.05, 0.1) is 46.9 Å². The van der Waals surface area contributed by atoms with E-state index in [0.29, 0.717) is 23.1 Å². The van der Waals surface area contributed by atoms with E-state index in [0.717, 1.165) is 24.4 Å². The molecule has 0 saturated heterocycles. The average Bonchev–Trinajstić information content (AvgIpc) is 3.04. The number of benzene rings is 2. The van der Waals surface area contributed by atoms with E-state index in [1.807, 2.05) is 0 Å². The third-order valence-corrected chi connectivity index (χ3v) is 7.90. The number of hydrogen-bond donors (Lipinski definition) is 2. The molecular formula is C32H28F9N5O5. The molecule has 2 heterocycles. The third kappa shape index (κ3) is 9.36. The van der Waals surface area contributed by atoms with Crippen LogP contribution < -0.4 is 15.4 Å². The molecule has 19 heteroatoms. The number of rotatable bonds is 10. The molecule has 51 heavy (non-hydrogen) atoms. The summed E-state index contributed by atoms with van der Waals surface area (Å²) in [5, 5.41) is 18.3. The van der Waals surface area contributed by atoms with E-state index in [4.69, 9.17) is 15.6 Å². The number of amides is 1. The van der Waals surface area contributed by atoms with Crippen LogP contribution in [0.2, 0.25) is 0 Å². The Labute approximate surface area is 283 Å². The van der Waals surface area contributed by atoms with Gasteiger partial charge in [0.1, 0.15) is 11.5 Å². The van der Waals surface area contributed by atoms with Gasteiger partial charge in [-0.05, 0) is 66.8 Å². The first kappa shape index (κ1) is 38.7. The van der Waals surface area contributed by atoms with Crippen LogP contribution in [-0.4, -0.2) is 52.2 Å². The maximum absolute atomic E-state index is 13.9. The second-order valence-corrected chi connectivity index (χ2v) is 11.6. The fourth-order valence-electron chi connectivity index (χ4n) is 5.49. The van der Waals surface area contributed by atoms with Crippen molar-refractivity contribution in [3.05, 3.63) is 81.9 Å². The summed E-state index contributed by atoms with van der Waals surface area (Å²) in [6.45, 7) is -0.742. The summed E-state index contributed by atoms with van der Waals surface area (Å²) in [5.74, 6) is -2.76. The van der Waals surface area contributed by atoms with E-state index >= 15 is 0 Å². The van der Waals surface area contributed by atoms with Crippen molar-refractivity contribution >= 4 is 17.7 Å². The molecule has 0 bridgehead atoms. The zero-order valence-corrected chi connectivity index (χ0v) is 26.4. The smallest absolute Gasteiger partial charge is 0.422 e. The van der Waals surface area contributed by atoms with E-state index in [-0.39, 0.29) is 65.5 Å². The number of anilines is 1. The summed E-state index contributed by atoms with van der Waals surface area (Å²) in [6.07, 6.45) is -16.5. The summed E-state index contributed by atoms with van der Waals surface area (Å²) in [4.78, 5) is 33.3. The minimum Gasteiger partial charge on any atom is -0.490 e. The molecule has 4 rings (SSSR count). The Bertz CT molecular complexity index is 1820. The molecule has 1 aliphatic rings. The maximum Gasteiger partial charge on any atom is 0.422 e. The number of nitrogens with two attached hydrogens (primary N) is 1. The van der Waals surface area contributed by atoms with Crippen LogP contribution in [0.25, 0.3) is 0 Å². The minimum atomic E-state index is -4.93. The molecule has 1 aliphatic heterocycles. The van der Waals surface area contributed by atoms with Crippen molar-refractivity contribution in [2.45, 2.75) is 69.1 Å². The van der Waals surface area contributed by atoms with Gasteiger partial charge >= 0.3 is 30.6 Å². The summed E-state index contributed by atoms with van der Waals surface area (Å²) in [7, 11) is 0. The number of carbonyl (C=O) groups is 2. The van der Waals surface area contributed by atoms with Crippen molar-refractivity contribution in [3.63, 3.8) is 0 Å². The first-order valence-electron chi connectivity index (χ1n) is 15.0. The number of aliphatic carboxylic acids is 1. The zero-order valence-electron chi connectivity index (χ0n) is 26.4. The summed E-state index contributed by atoms with van der Waals surface area (Å²) >= 11 is 0. The first-order chi connectivity index (χ1) is 23.6. The number of carboxylic acids is 1. The Morgan fingerprint density at radius 1 is 1.06 bits per heavy atom. The predicted octanol–water partition coefficient (Wildman–Crippen LogP) is 7.33. The molecule has 3 aromatic rings. The van der Waals surface area contributed by atoms with Gasteiger partial charge in [-0.1, -0.05) is 6.92 Å². The fraction of sp³-hybridized carbons (Fsp3) is 0.406. The Morgan fingerprint density at radius 3 is 2.33 bits per heavy atom. The highest BCUT2D eigenvalue weighted by atomic mass is 19.4. The number of nitrogens with zero attached hydrogens (tertiary/aromatic N) is 4. The standard InChI is InChI=1S/C32H28F9N5O5/c1-2-29(43)13-22(21-12-19(31(36,37)38)5-6-24(21)46(29)28(49)51-16-30(33,34)35)27-44-15-25(50-7-3-4-26(47)48)23(45-27)11-17-8-18(14-42)10-20(9-17)32(39,40)41/h5-6,8-10,12,15,22H,2-4,7,11,13,16,43H2,1H3,(H,47,48)/t22-,29+/m0/s1. The summed E-state index contributed by atoms with van der Waals surface area (Å²) in [6, 6.07) is 6.29. The van der Waals surface area contributed by atoms with Crippen LogP contribution in [-0.2, 0) is 28.3 Å². The summed E-state index contributed by atoms with van der Waals surface area (Å²) in [5.41, 5.74) is 1.25. The Hall–Kier alpha value is -5.12. The van der Waals surface area contributed by atoms with Crippen molar-refractivity contribution < 1.29 is 63.7 Å². The van der Waals surface area contributed by atoms with Crippen LogP contribution in [0.3, 0.4) is 0 Å². The second-order valence-electron chi connectivity index (χ2n) is 11.6. The summed E-state index contributed by atoms with van der Waals surface area (Å²) < 4.78 is 132. The number of carbonyl (C=O) groups excluding carboxylic acids is 1. The average molecular weight is 734 g/mol. The van der Waals surface area contributed by atoms with Gasteiger partial charge in [0.15, 0.2) is 12.4 Å². The quantitative estimate of drug-likeness (QED) is 0.161. The van der Waals surface area contributed by atoms with Gasteiger partial charge in [-0.15, -0.1) is 0 Å². The minimum absolute atomic E-state index is 0.00134. The normalized spacial score (nSPS) is 17.8. The van der Waals surface area contributed by atoms with Crippen LogP contribution in [0.4, 0.5) is 50.0 Å². The molecule has 0 unspecified atom stereocenters. The largest absolute Gasteiger partial charge is 0.490 e. The lowest BCUT2D eigenvalue weighted by Gasteiger charge is -2.46. The number of carboxylic acid groups (broad SMARTS) is 1. The molecule has 10 nitrogen and oxygen atoms in total. The molecule has 0 saturated carbocycles. The fourth-order valence-corrected chi connectivity index (χ4v) is 5.49. The van der Waals surface area contributed by atoms with Crippen molar-refractivity contribution in [2.24, 2.45) is 5.73 Å². The van der Waals surface area contributed by atoms with E-state index < -0.39 is 72.7 Å². The Kier molecular flexibility index (Phi) is 11.1. The van der Waals surface area contributed by atoms with Gasteiger partial charge in [0, 0.05) is 18.8 Å². The van der Waals surface area contributed by atoms with Gasteiger partial charge in [0.2, 0.25) is 0 Å². The number of alkyl halides is 9. The van der Waals surface area contributed by atoms with Crippen molar-refractivity contribution in [3.8, 4) is 11.8 Å². The Balaban J connectivity index is 1.88. The van der Waals surface area contributed by atoms with E-state index in [9.17, 15) is 54.4 Å². The molecule has 2 atom stereocenters. The van der Waals surface area contributed by atoms with Gasteiger partial charge < -0.3 is 20.3 Å². The number of nitriles is 1. The number of fused-ring (bicyclic) bond motifs is 1. The van der Waals surface area contributed by atoms with Gasteiger partial charge in [-0.25, -0.2) is 14.8 Å². The van der Waals surface area contributed by atoms with Crippen molar-refractivity contribution in [1.82, 2.24) is 9.97 Å². The maximum atomic E-state index is 13.9. The molecule has 2 aromatic carbocycles. The van der Waals surface area contributed by atoms with E-state index in [2.05, 4.69) is 14.7 Å². The molecule has 0 aliphatic carbocycles. The molecule has 1 aromatic heterocycles.